The second kappa shape index (κ2) is 7.44. The molecule has 0 saturated carbocycles. The van der Waals surface area contributed by atoms with Crippen LogP contribution in [0.1, 0.15) is 0 Å². The van der Waals surface area contributed by atoms with E-state index in [1.807, 2.05) is 11.3 Å². The molecule has 9 rings (SSSR count). The molecule has 0 N–H and O–H groups in total. The maximum absolute atomic E-state index is 2.49. The molecule has 0 fully saturated rings. The first-order valence-electron chi connectivity index (χ1n) is 13.0. The molecule has 0 amide bonds. The number of thiophene rings is 1. The Morgan fingerprint density at radius 3 is 1.55 bits per heavy atom. The lowest BCUT2D eigenvalue weighted by molar-refractivity contribution is 1.19. The van der Waals surface area contributed by atoms with E-state index in [9.17, 15) is 0 Å². The Morgan fingerprint density at radius 1 is 0.368 bits per heavy atom. The largest absolute Gasteiger partial charge is 0.308 e. The van der Waals surface area contributed by atoms with Gasteiger partial charge in [0.2, 0.25) is 0 Å². The van der Waals surface area contributed by atoms with Crippen LogP contribution in [0.3, 0.4) is 0 Å². The molecule has 1 nitrogen and oxygen atoms in total. The topological polar surface area (TPSA) is 4.93 Å². The van der Waals surface area contributed by atoms with Crippen molar-refractivity contribution in [2.45, 2.75) is 0 Å². The minimum atomic E-state index is 1.20. The van der Waals surface area contributed by atoms with E-state index in [-0.39, 0.29) is 0 Å². The van der Waals surface area contributed by atoms with Crippen LogP contribution in [-0.2, 0) is 0 Å². The molecule has 0 aliphatic rings. The van der Waals surface area contributed by atoms with Crippen LogP contribution in [0, 0.1) is 0 Å². The summed E-state index contributed by atoms with van der Waals surface area (Å²) in [7, 11) is 0. The van der Waals surface area contributed by atoms with Crippen LogP contribution in [-0.4, -0.2) is 4.57 Å². The Bertz CT molecular complexity index is 2390. The average molecular weight is 500 g/mol. The molecule has 0 saturated heterocycles. The van der Waals surface area contributed by atoms with Crippen LogP contribution in [0.5, 0.6) is 0 Å². The van der Waals surface area contributed by atoms with Gasteiger partial charge in [0.15, 0.2) is 0 Å². The summed E-state index contributed by atoms with van der Waals surface area (Å²) in [5, 5.41) is 13.4. The molecule has 2 aromatic heterocycles. The summed E-state index contributed by atoms with van der Waals surface area (Å²) in [4.78, 5) is 0. The molecule has 0 aliphatic carbocycles. The van der Waals surface area contributed by atoms with Gasteiger partial charge in [-0.1, -0.05) is 109 Å². The van der Waals surface area contributed by atoms with Crippen LogP contribution < -0.4 is 0 Å². The molecule has 176 valence electrons. The van der Waals surface area contributed by atoms with Gasteiger partial charge in [0, 0.05) is 37.3 Å². The highest BCUT2D eigenvalue weighted by molar-refractivity contribution is 7.28. The monoisotopic (exact) mass is 499 g/mol. The second-order valence-electron chi connectivity index (χ2n) is 10.1. The maximum atomic E-state index is 2.49. The van der Waals surface area contributed by atoms with Gasteiger partial charge in [0.25, 0.3) is 0 Å². The summed E-state index contributed by atoms with van der Waals surface area (Å²) in [6.07, 6.45) is 0. The van der Waals surface area contributed by atoms with E-state index in [4.69, 9.17) is 0 Å². The number of benzene rings is 7. The summed E-state index contributed by atoms with van der Waals surface area (Å²) in [5.74, 6) is 0. The van der Waals surface area contributed by atoms with Crippen molar-refractivity contribution in [1.29, 1.82) is 0 Å². The van der Waals surface area contributed by atoms with Crippen molar-refractivity contribution in [1.82, 2.24) is 4.57 Å². The van der Waals surface area contributed by atoms with Crippen LogP contribution >= 0.6 is 11.3 Å². The standard InChI is InChI=1S/C36H21NS/c1-2-12-22(13-3-1)37-30-21-11-10-20-29(30)31-26-17-7-8-18-27(26)33-32-25-16-6-4-14-23(25)24-15-5-9-19-28(24)35(32)38-36(33)34(31)37/h1-21H. The van der Waals surface area contributed by atoms with Crippen LogP contribution in [0.2, 0.25) is 0 Å². The second-order valence-corrected chi connectivity index (χ2v) is 11.1. The number of fused-ring (bicyclic) bond motifs is 15. The number of aromatic nitrogens is 1. The fraction of sp³-hybridized carbons (Fsp3) is 0. The highest BCUT2D eigenvalue weighted by Crippen LogP contribution is 2.51. The van der Waals surface area contributed by atoms with Gasteiger partial charge in [-0.3, -0.25) is 0 Å². The van der Waals surface area contributed by atoms with E-state index < -0.39 is 0 Å². The summed E-state index contributed by atoms with van der Waals surface area (Å²) in [6, 6.07) is 46.6. The molecule has 9 aromatic rings. The lowest BCUT2D eigenvalue weighted by Crippen LogP contribution is -1.93. The Labute approximate surface area is 222 Å². The molecule has 7 aromatic carbocycles. The smallest absolute Gasteiger partial charge is 0.0726 e. The van der Waals surface area contributed by atoms with Gasteiger partial charge < -0.3 is 4.57 Å². The van der Waals surface area contributed by atoms with Crippen molar-refractivity contribution in [3.05, 3.63) is 127 Å². The average Bonchev–Trinajstić information content (AvgIpc) is 3.56. The minimum absolute atomic E-state index is 1.20. The molecule has 2 heteroatoms. The van der Waals surface area contributed by atoms with Crippen molar-refractivity contribution >= 4 is 85.6 Å². The third kappa shape index (κ3) is 2.50. The van der Waals surface area contributed by atoms with Crippen molar-refractivity contribution in [2.75, 3.05) is 0 Å². The number of para-hydroxylation sites is 2. The Kier molecular flexibility index (Phi) is 3.99. The summed E-state index contributed by atoms with van der Waals surface area (Å²) >= 11 is 1.95. The van der Waals surface area contributed by atoms with Gasteiger partial charge in [-0.05, 0) is 45.1 Å². The van der Waals surface area contributed by atoms with Crippen molar-refractivity contribution < 1.29 is 0 Å². The normalized spacial score (nSPS) is 12.2. The number of hydrogen-bond acceptors (Lipinski definition) is 1. The van der Waals surface area contributed by atoms with Gasteiger partial charge in [-0.2, -0.15) is 0 Å². The maximum Gasteiger partial charge on any atom is 0.0726 e. The van der Waals surface area contributed by atoms with E-state index in [1.165, 1.54) is 80.0 Å². The zero-order valence-electron chi connectivity index (χ0n) is 20.5. The van der Waals surface area contributed by atoms with E-state index in [1.54, 1.807) is 0 Å². The van der Waals surface area contributed by atoms with Crippen LogP contribution in [0.25, 0.3) is 80.0 Å². The van der Waals surface area contributed by atoms with E-state index in [0.29, 0.717) is 0 Å². The molecular formula is C36H21NS. The lowest BCUT2D eigenvalue weighted by atomic mass is 9.94. The first kappa shape index (κ1) is 20.4. The highest BCUT2D eigenvalue weighted by atomic mass is 32.1. The van der Waals surface area contributed by atoms with Gasteiger partial charge >= 0.3 is 0 Å². The Hall–Kier alpha value is -4.66. The molecule has 0 unspecified atom stereocenters. The van der Waals surface area contributed by atoms with Gasteiger partial charge in [0.1, 0.15) is 0 Å². The van der Waals surface area contributed by atoms with Crippen molar-refractivity contribution in [2.24, 2.45) is 0 Å². The first-order valence-corrected chi connectivity index (χ1v) is 13.9. The SMILES string of the molecule is c1ccc(-n2c3ccccc3c3c4ccccc4c4c(sc5c6ccccc6c6ccccc6c54)c32)cc1. The molecule has 0 atom stereocenters. The van der Waals surface area contributed by atoms with E-state index in [2.05, 4.69) is 132 Å². The molecular weight excluding hydrogens is 478 g/mol. The third-order valence-corrected chi connectivity index (χ3v) is 9.37. The molecule has 2 heterocycles. The van der Waals surface area contributed by atoms with E-state index >= 15 is 0 Å². The fourth-order valence-electron chi connectivity index (χ4n) is 6.65. The number of hydrogen-bond donors (Lipinski definition) is 0. The van der Waals surface area contributed by atoms with Crippen molar-refractivity contribution in [3.63, 3.8) is 0 Å². The summed E-state index contributed by atoms with van der Waals surface area (Å²) in [6.45, 7) is 0. The zero-order chi connectivity index (χ0) is 24.8. The van der Waals surface area contributed by atoms with E-state index in [0.717, 1.165) is 0 Å². The van der Waals surface area contributed by atoms with Gasteiger partial charge in [0.05, 0.1) is 15.7 Å². The van der Waals surface area contributed by atoms with Crippen LogP contribution in [0.15, 0.2) is 127 Å². The summed E-state index contributed by atoms with van der Waals surface area (Å²) in [5.41, 5.74) is 3.75. The lowest BCUT2D eigenvalue weighted by Gasteiger charge is -2.10. The zero-order valence-corrected chi connectivity index (χ0v) is 21.3. The molecule has 0 radical (unpaired) electrons. The fourth-order valence-corrected chi connectivity index (χ4v) is 8.06. The summed E-state index contributed by atoms with van der Waals surface area (Å²) < 4.78 is 5.21. The predicted octanol–water partition coefficient (Wildman–Crippen LogP) is 10.6. The molecule has 38 heavy (non-hydrogen) atoms. The molecule has 0 spiro atoms. The quantitative estimate of drug-likeness (QED) is 0.198. The minimum Gasteiger partial charge on any atom is -0.308 e. The molecule has 0 aliphatic heterocycles. The highest BCUT2D eigenvalue weighted by Gasteiger charge is 2.23. The Morgan fingerprint density at radius 2 is 0.842 bits per heavy atom. The third-order valence-electron chi connectivity index (χ3n) is 8.14. The van der Waals surface area contributed by atoms with Gasteiger partial charge in [-0.15, -0.1) is 11.3 Å². The first-order chi connectivity index (χ1) is 18.9. The number of nitrogens with zero attached hydrogens (tertiary/aromatic N) is 1. The Balaban J connectivity index is 1.68. The number of rotatable bonds is 1. The van der Waals surface area contributed by atoms with Crippen molar-refractivity contribution in [3.8, 4) is 5.69 Å². The predicted molar refractivity (Wildman–Crippen MR) is 166 cm³/mol. The van der Waals surface area contributed by atoms with Gasteiger partial charge in [-0.25, -0.2) is 0 Å². The van der Waals surface area contributed by atoms with Crippen LogP contribution in [0.4, 0.5) is 0 Å². The molecule has 0 bridgehead atoms.